The second-order valence-electron chi connectivity index (χ2n) is 7.60. The molecule has 0 saturated carbocycles. The highest BCUT2D eigenvalue weighted by atomic mass is 16.3. The quantitative estimate of drug-likeness (QED) is 0.675. The smallest absolute Gasteiger partial charge is 0.256 e. The van der Waals surface area contributed by atoms with Crippen molar-refractivity contribution >= 4 is 16.9 Å². The maximum atomic E-state index is 12.9. The van der Waals surface area contributed by atoms with Gasteiger partial charge in [0.2, 0.25) is 5.43 Å². The summed E-state index contributed by atoms with van der Waals surface area (Å²) in [4.78, 5) is 29.8. The number of hydrogen-bond acceptors (Lipinski definition) is 4. The lowest BCUT2D eigenvalue weighted by Gasteiger charge is -2.14. The number of carbonyl (C=O) groups is 1. The van der Waals surface area contributed by atoms with E-state index >= 15 is 0 Å². The fourth-order valence-corrected chi connectivity index (χ4v) is 2.82. The third-order valence-corrected chi connectivity index (χ3v) is 4.06. The molecule has 148 valence electrons. The zero-order valence-corrected chi connectivity index (χ0v) is 16.9. The Balaban J connectivity index is 2.22. The number of aliphatic hydroxyl groups is 1. The van der Waals surface area contributed by atoms with Crippen molar-refractivity contribution in [1.82, 2.24) is 14.9 Å². The molecule has 2 heterocycles. The van der Waals surface area contributed by atoms with Crippen LogP contribution in [0.15, 0.2) is 53.6 Å². The number of hydrogen-bond donors (Lipinski definition) is 2. The van der Waals surface area contributed by atoms with E-state index in [0.717, 1.165) is 0 Å². The number of nitrogens with one attached hydrogen (secondary N) is 1. The fourth-order valence-electron chi connectivity index (χ4n) is 2.82. The van der Waals surface area contributed by atoms with Gasteiger partial charge in [0.15, 0.2) is 0 Å². The minimum Gasteiger partial charge on any atom is -0.378 e. The highest BCUT2D eigenvalue weighted by Gasteiger charge is 2.17. The monoisotopic (exact) mass is 389 g/mol. The molecule has 0 aliphatic heterocycles. The van der Waals surface area contributed by atoms with E-state index in [1.54, 1.807) is 36.7 Å². The van der Waals surface area contributed by atoms with Crippen molar-refractivity contribution in [3.05, 3.63) is 70.1 Å². The summed E-state index contributed by atoms with van der Waals surface area (Å²) >= 11 is 0. The Bertz CT molecular complexity index is 1190. The molecule has 0 unspecified atom stereocenters. The molecule has 2 aromatic heterocycles. The highest BCUT2D eigenvalue weighted by molar-refractivity contribution is 5.97. The molecular weight excluding hydrogens is 366 g/mol. The molecule has 0 atom stereocenters. The van der Waals surface area contributed by atoms with Crippen molar-refractivity contribution in [2.75, 3.05) is 0 Å². The average molecular weight is 389 g/mol. The van der Waals surface area contributed by atoms with Crippen LogP contribution in [-0.2, 0) is 0 Å². The average Bonchev–Trinajstić information content (AvgIpc) is 2.66. The number of amides is 1. The molecule has 0 bridgehead atoms. The topological polar surface area (TPSA) is 84.2 Å². The fraction of sp³-hybridized carbons (Fsp3) is 0.261. The van der Waals surface area contributed by atoms with E-state index in [0.29, 0.717) is 22.3 Å². The molecule has 3 aromatic rings. The van der Waals surface area contributed by atoms with Crippen LogP contribution in [0.3, 0.4) is 0 Å². The Morgan fingerprint density at radius 2 is 2.00 bits per heavy atom. The van der Waals surface area contributed by atoms with Crippen LogP contribution < -0.4 is 10.7 Å². The van der Waals surface area contributed by atoms with Gasteiger partial charge in [-0.05, 0) is 58.0 Å². The minimum absolute atomic E-state index is 0.0483. The lowest BCUT2D eigenvalue weighted by atomic mass is 10.1. The van der Waals surface area contributed by atoms with Gasteiger partial charge in [-0.1, -0.05) is 17.9 Å². The first-order chi connectivity index (χ1) is 13.7. The van der Waals surface area contributed by atoms with Gasteiger partial charge < -0.3 is 15.0 Å². The summed E-state index contributed by atoms with van der Waals surface area (Å²) in [6.45, 7) is 6.90. The van der Waals surface area contributed by atoms with Gasteiger partial charge in [-0.25, -0.2) is 4.98 Å². The predicted octanol–water partition coefficient (Wildman–Crippen LogP) is 2.65. The van der Waals surface area contributed by atoms with Gasteiger partial charge in [-0.15, -0.1) is 0 Å². The van der Waals surface area contributed by atoms with Crippen molar-refractivity contribution in [3.8, 4) is 17.5 Å². The third-order valence-electron chi connectivity index (χ3n) is 4.06. The van der Waals surface area contributed by atoms with Crippen LogP contribution in [0.25, 0.3) is 16.7 Å². The van der Waals surface area contributed by atoms with Gasteiger partial charge in [0.1, 0.15) is 16.8 Å². The second kappa shape index (κ2) is 7.90. The lowest BCUT2D eigenvalue weighted by Crippen LogP contribution is -2.34. The molecular formula is C23H23N3O3. The standard InChI is InChI=1S/C23H23N3O3/c1-15(2)25-22(28)19-14-26(21-18(20(19)27)9-6-12-24-21)17-8-5-7-16(13-17)10-11-23(3,4)29/h5-9,12-15,29H,1-4H3,(H,25,28). The number of nitrogens with zero attached hydrogens (tertiary/aromatic N) is 2. The molecule has 0 radical (unpaired) electrons. The van der Waals surface area contributed by atoms with Gasteiger partial charge in [-0.2, -0.15) is 0 Å². The van der Waals surface area contributed by atoms with E-state index in [1.807, 2.05) is 38.1 Å². The first-order valence-corrected chi connectivity index (χ1v) is 9.33. The number of pyridine rings is 2. The molecule has 3 rings (SSSR count). The maximum Gasteiger partial charge on any atom is 0.256 e. The molecule has 0 saturated heterocycles. The van der Waals surface area contributed by atoms with E-state index in [2.05, 4.69) is 22.1 Å². The van der Waals surface area contributed by atoms with E-state index < -0.39 is 11.5 Å². The zero-order chi connectivity index (χ0) is 21.2. The van der Waals surface area contributed by atoms with Crippen molar-refractivity contribution < 1.29 is 9.90 Å². The summed E-state index contributed by atoms with van der Waals surface area (Å²) in [6.07, 6.45) is 3.11. The van der Waals surface area contributed by atoms with Gasteiger partial charge in [0.05, 0.1) is 5.39 Å². The molecule has 0 aliphatic rings. The first kappa shape index (κ1) is 20.3. The van der Waals surface area contributed by atoms with Crippen molar-refractivity contribution in [1.29, 1.82) is 0 Å². The summed E-state index contributed by atoms with van der Waals surface area (Å²) in [6, 6.07) is 10.5. The van der Waals surface area contributed by atoms with Crippen LogP contribution in [0.5, 0.6) is 0 Å². The lowest BCUT2D eigenvalue weighted by molar-refractivity contribution is 0.0941. The normalized spacial score (nSPS) is 11.2. The summed E-state index contributed by atoms with van der Waals surface area (Å²) in [5.41, 5.74) is 0.429. The third kappa shape index (κ3) is 4.71. The van der Waals surface area contributed by atoms with Gasteiger partial charge in [0, 0.05) is 29.7 Å². The number of carbonyl (C=O) groups excluding carboxylic acids is 1. The van der Waals surface area contributed by atoms with E-state index in [9.17, 15) is 14.7 Å². The Morgan fingerprint density at radius 3 is 2.69 bits per heavy atom. The SMILES string of the molecule is CC(C)NC(=O)c1cn(-c2cccc(C#CC(C)(C)O)c2)c2ncccc2c1=O. The Morgan fingerprint density at radius 1 is 1.24 bits per heavy atom. The number of benzene rings is 1. The Kier molecular flexibility index (Phi) is 5.53. The molecule has 0 spiro atoms. The van der Waals surface area contributed by atoms with Crippen LogP contribution >= 0.6 is 0 Å². The molecule has 2 N–H and O–H groups in total. The number of rotatable bonds is 3. The maximum absolute atomic E-state index is 12.9. The zero-order valence-electron chi connectivity index (χ0n) is 16.9. The molecule has 6 heteroatoms. The Hall–Kier alpha value is -3.43. The van der Waals surface area contributed by atoms with Crippen LogP contribution in [0, 0.1) is 11.8 Å². The largest absolute Gasteiger partial charge is 0.378 e. The van der Waals surface area contributed by atoms with Crippen LogP contribution in [0.2, 0.25) is 0 Å². The van der Waals surface area contributed by atoms with E-state index in [4.69, 9.17) is 0 Å². The summed E-state index contributed by atoms with van der Waals surface area (Å²) < 4.78 is 1.71. The molecule has 6 nitrogen and oxygen atoms in total. The minimum atomic E-state index is -1.11. The predicted molar refractivity (Wildman–Crippen MR) is 113 cm³/mol. The molecule has 1 aromatic carbocycles. The molecule has 0 aliphatic carbocycles. The summed E-state index contributed by atoms with van der Waals surface area (Å²) in [5, 5.41) is 13.0. The van der Waals surface area contributed by atoms with Crippen LogP contribution in [0.4, 0.5) is 0 Å². The second-order valence-corrected chi connectivity index (χ2v) is 7.60. The van der Waals surface area contributed by atoms with Crippen molar-refractivity contribution in [3.63, 3.8) is 0 Å². The molecule has 0 fully saturated rings. The van der Waals surface area contributed by atoms with E-state index in [-0.39, 0.29) is 17.0 Å². The van der Waals surface area contributed by atoms with Crippen LogP contribution in [0.1, 0.15) is 43.6 Å². The number of fused-ring (bicyclic) bond motifs is 1. The van der Waals surface area contributed by atoms with Gasteiger partial charge in [0.25, 0.3) is 5.91 Å². The van der Waals surface area contributed by atoms with Gasteiger partial charge in [-0.3, -0.25) is 9.59 Å². The van der Waals surface area contributed by atoms with Crippen LogP contribution in [-0.4, -0.2) is 32.2 Å². The van der Waals surface area contributed by atoms with Gasteiger partial charge >= 0.3 is 0 Å². The summed E-state index contributed by atoms with van der Waals surface area (Å²) in [5.74, 6) is 5.30. The summed E-state index contributed by atoms with van der Waals surface area (Å²) in [7, 11) is 0. The molecule has 1 amide bonds. The first-order valence-electron chi connectivity index (χ1n) is 9.33. The van der Waals surface area contributed by atoms with Crippen molar-refractivity contribution in [2.45, 2.75) is 39.3 Å². The van der Waals surface area contributed by atoms with E-state index in [1.165, 1.54) is 6.20 Å². The number of aromatic nitrogens is 2. The highest BCUT2D eigenvalue weighted by Crippen LogP contribution is 2.17. The Labute approximate surface area is 169 Å². The van der Waals surface area contributed by atoms with Crippen molar-refractivity contribution in [2.24, 2.45) is 0 Å². The molecule has 29 heavy (non-hydrogen) atoms.